The Labute approximate surface area is 283 Å². The maximum atomic E-state index is 6.66. The lowest BCUT2D eigenvalue weighted by Gasteiger charge is -2.26. The Morgan fingerprint density at radius 2 is 1.02 bits per heavy atom. The molecule has 0 fully saturated rings. The highest BCUT2D eigenvalue weighted by molar-refractivity contribution is 6.13. The topological polar surface area (TPSA) is 32.2 Å². The molecule has 3 nitrogen and oxygen atoms in total. The predicted octanol–water partition coefficient (Wildman–Crippen LogP) is 13.2. The molecule has 0 aliphatic heterocycles. The smallest absolute Gasteiger partial charge is 0.137 e. The first-order valence-corrected chi connectivity index (χ1v) is 16.7. The Hall–Kier alpha value is -6.58. The molecule has 0 amide bonds. The number of nitrogens with one attached hydrogen (secondary N) is 1. The number of hydrogen-bond acceptors (Lipinski definition) is 2. The summed E-state index contributed by atoms with van der Waals surface area (Å²) >= 11 is 0. The molecule has 0 spiro atoms. The van der Waals surface area contributed by atoms with Gasteiger partial charge < -0.3 is 14.3 Å². The van der Waals surface area contributed by atoms with Crippen LogP contribution in [0.15, 0.2) is 180 Å². The van der Waals surface area contributed by atoms with Gasteiger partial charge in [-0.1, -0.05) is 115 Å². The zero-order chi connectivity index (χ0) is 32.3. The van der Waals surface area contributed by atoms with Crippen LogP contribution in [0, 0.1) is 0 Å². The number of fused-ring (bicyclic) bond motifs is 7. The molecule has 2 aromatic heterocycles. The van der Waals surface area contributed by atoms with E-state index in [0.717, 1.165) is 61.2 Å². The molecule has 10 aromatic rings. The number of aromatic nitrogens is 1. The fraction of sp³-hybridized carbons (Fsp3) is 0. The molecular weight excluding hydrogens is 597 g/mol. The molecule has 0 aliphatic carbocycles. The highest BCUT2D eigenvalue weighted by Crippen LogP contribution is 2.41. The van der Waals surface area contributed by atoms with Crippen LogP contribution in [0.2, 0.25) is 0 Å². The molecular formula is C46H30N2O. The number of nitrogens with zero attached hydrogens (tertiary/aromatic N) is 1. The largest absolute Gasteiger partial charge is 0.456 e. The first-order chi connectivity index (χ1) is 24.3. The van der Waals surface area contributed by atoms with Crippen molar-refractivity contribution in [1.82, 2.24) is 4.98 Å². The van der Waals surface area contributed by atoms with Crippen LogP contribution in [-0.2, 0) is 0 Å². The average Bonchev–Trinajstić information content (AvgIpc) is 3.73. The molecule has 0 saturated heterocycles. The summed E-state index contributed by atoms with van der Waals surface area (Å²) < 4.78 is 6.66. The quantitative estimate of drug-likeness (QED) is 0.206. The highest BCUT2D eigenvalue weighted by Gasteiger charge is 2.17. The van der Waals surface area contributed by atoms with E-state index < -0.39 is 0 Å². The van der Waals surface area contributed by atoms with Gasteiger partial charge in [-0.3, -0.25) is 0 Å². The van der Waals surface area contributed by atoms with E-state index in [-0.39, 0.29) is 0 Å². The van der Waals surface area contributed by atoms with E-state index in [1.807, 2.05) is 0 Å². The van der Waals surface area contributed by atoms with Gasteiger partial charge in [-0.25, -0.2) is 0 Å². The van der Waals surface area contributed by atoms with E-state index in [1.165, 1.54) is 32.7 Å². The molecule has 0 radical (unpaired) electrons. The maximum Gasteiger partial charge on any atom is 0.137 e. The molecule has 10 rings (SSSR count). The number of benzene rings is 8. The second-order valence-corrected chi connectivity index (χ2v) is 12.7. The Bertz CT molecular complexity index is 2830. The van der Waals surface area contributed by atoms with Gasteiger partial charge in [0, 0.05) is 55.8 Å². The zero-order valence-corrected chi connectivity index (χ0v) is 26.6. The third-order valence-corrected chi connectivity index (χ3v) is 9.79. The molecule has 49 heavy (non-hydrogen) atoms. The van der Waals surface area contributed by atoms with E-state index >= 15 is 0 Å². The molecule has 2 heterocycles. The number of para-hydroxylation sites is 2. The van der Waals surface area contributed by atoms with Crippen molar-refractivity contribution in [3.63, 3.8) is 0 Å². The van der Waals surface area contributed by atoms with Gasteiger partial charge in [-0.15, -0.1) is 0 Å². The van der Waals surface area contributed by atoms with Gasteiger partial charge in [0.05, 0.1) is 5.52 Å². The number of anilines is 3. The van der Waals surface area contributed by atoms with Gasteiger partial charge in [-0.05, 0) is 82.1 Å². The molecule has 0 bridgehead atoms. The van der Waals surface area contributed by atoms with Crippen molar-refractivity contribution < 1.29 is 4.42 Å². The average molecular weight is 627 g/mol. The number of furan rings is 1. The standard InChI is InChI=1S/C46H30N2O/c1-2-9-30(10-3-1)32-17-21-35(22-18-32)48(36-23-19-31-11-4-5-12-33(31)27-36)37-24-26-41-40-25-20-34(28-44(40)49-45(41)29-37)38-14-8-15-42-39-13-6-7-16-43(39)47-46(38)42/h1-29,47H. The number of hydrogen-bond donors (Lipinski definition) is 1. The van der Waals surface area contributed by atoms with Gasteiger partial charge >= 0.3 is 0 Å². The van der Waals surface area contributed by atoms with Gasteiger partial charge in [0.1, 0.15) is 11.2 Å². The van der Waals surface area contributed by atoms with Crippen LogP contribution in [-0.4, -0.2) is 4.98 Å². The Kier molecular flexibility index (Phi) is 6.18. The van der Waals surface area contributed by atoms with Gasteiger partial charge in [0.2, 0.25) is 0 Å². The van der Waals surface area contributed by atoms with E-state index in [4.69, 9.17) is 4.42 Å². The second kappa shape index (κ2) is 11.0. The minimum Gasteiger partial charge on any atom is -0.456 e. The lowest BCUT2D eigenvalue weighted by atomic mass is 10.0. The van der Waals surface area contributed by atoms with Crippen LogP contribution in [0.3, 0.4) is 0 Å². The lowest BCUT2D eigenvalue weighted by Crippen LogP contribution is -2.09. The monoisotopic (exact) mass is 626 g/mol. The molecule has 8 aromatic carbocycles. The minimum absolute atomic E-state index is 0.861. The van der Waals surface area contributed by atoms with E-state index in [1.54, 1.807) is 0 Å². The van der Waals surface area contributed by atoms with Crippen LogP contribution in [0.25, 0.3) is 76.8 Å². The second-order valence-electron chi connectivity index (χ2n) is 12.7. The molecule has 3 heteroatoms. The molecule has 0 unspecified atom stereocenters. The normalized spacial score (nSPS) is 11.7. The molecule has 230 valence electrons. The summed E-state index contributed by atoms with van der Waals surface area (Å²) in [6, 6.07) is 62.7. The van der Waals surface area contributed by atoms with Crippen molar-refractivity contribution in [3.8, 4) is 22.3 Å². The number of rotatable bonds is 5. The van der Waals surface area contributed by atoms with E-state index in [0.29, 0.717) is 0 Å². The van der Waals surface area contributed by atoms with Crippen LogP contribution in [0.4, 0.5) is 17.1 Å². The van der Waals surface area contributed by atoms with Crippen molar-refractivity contribution in [2.45, 2.75) is 0 Å². The lowest BCUT2D eigenvalue weighted by molar-refractivity contribution is 0.669. The number of H-pyrrole nitrogens is 1. The van der Waals surface area contributed by atoms with Gasteiger partial charge in [0.25, 0.3) is 0 Å². The maximum absolute atomic E-state index is 6.66. The Balaban J connectivity index is 1.10. The van der Waals surface area contributed by atoms with Gasteiger partial charge in [-0.2, -0.15) is 0 Å². The third-order valence-electron chi connectivity index (χ3n) is 9.79. The van der Waals surface area contributed by atoms with Crippen LogP contribution >= 0.6 is 0 Å². The van der Waals surface area contributed by atoms with E-state index in [9.17, 15) is 0 Å². The molecule has 0 aliphatic rings. The molecule has 0 saturated carbocycles. The summed E-state index contributed by atoms with van der Waals surface area (Å²) in [6.07, 6.45) is 0. The Morgan fingerprint density at radius 3 is 1.90 bits per heavy atom. The van der Waals surface area contributed by atoms with Crippen LogP contribution in [0.5, 0.6) is 0 Å². The van der Waals surface area contributed by atoms with Crippen molar-refractivity contribution >= 4 is 71.6 Å². The summed E-state index contributed by atoms with van der Waals surface area (Å²) in [6.45, 7) is 0. The van der Waals surface area contributed by atoms with Crippen molar-refractivity contribution in [3.05, 3.63) is 176 Å². The van der Waals surface area contributed by atoms with Crippen LogP contribution < -0.4 is 4.90 Å². The first-order valence-electron chi connectivity index (χ1n) is 16.7. The SMILES string of the molecule is c1ccc(-c2ccc(N(c3ccc4ccccc4c3)c3ccc4c(c3)oc3cc(-c5cccc6c5[nH]c5ccccc56)ccc34)cc2)cc1. The summed E-state index contributed by atoms with van der Waals surface area (Å²) in [5.74, 6) is 0. The molecule has 1 N–H and O–H groups in total. The Morgan fingerprint density at radius 1 is 0.388 bits per heavy atom. The van der Waals surface area contributed by atoms with Crippen molar-refractivity contribution in [2.24, 2.45) is 0 Å². The van der Waals surface area contributed by atoms with Crippen LogP contribution in [0.1, 0.15) is 0 Å². The zero-order valence-electron chi connectivity index (χ0n) is 26.6. The summed E-state index contributed by atoms with van der Waals surface area (Å²) in [7, 11) is 0. The number of aromatic amines is 1. The third kappa shape index (κ3) is 4.59. The summed E-state index contributed by atoms with van der Waals surface area (Å²) in [5.41, 5.74) is 11.9. The van der Waals surface area contributed by atoms with Crippen molar-refractivity contribution in [2.75, 3.05) is 4.90 Å². The fourth-order valence-electron chi connectivity index (χ4n) is 7.38. The fourth-order valence-corrected chi connectivity index (χ4v) is 7.38. The van der Waals surface area contributed by atoms with E-state index in [2.05, 4.69) is 186 Å². The summed E-state index contributed by atoms with van der Waals surface area (Å²) in [5, 5.41) is 7.10. The summed E-state index contributed by atoms with van der Waals surface area (Å²) in [4.78, 5) is 5.97. The first kappa shape index (κ1) is 27.5. The minimum atomic E-state index is 0.861. The predicted molar refractivity (Wildman–Crippen MR) is 206 cm³/mol. The van der Waals surface area contributed by atoms with Gasteiger partial charge in [0.15, 0.2) is 0 Å². The molecule has 0 atom stereocenters. The van der Waals surface area contributed by atoms with Crippen molar-refractivity contribution in [1.29, 1.82) is 0 Å². The highest BCUT2D eigenvalue weighted by atomic mass is 16.3.